The molecule has 1 atom stereocenters. The molecule has 0 radical (unpaired) electrons. The first-order valence-corrected chi connectivity index (χ1v) is 10.5. The standard InChI is InChI=1S/C19H17F3N2O6S/c20-19(21,22)14-3-2-10-23(12-14)18(25)13-6-8-16(9-7-13)30-31(28,29)17-5-1-4-15(11-17)24(26)27/h1,4-9,11,14H,2-3,10,12H2. The van der Waals surface area contributed by atoms with Crippen LogP contribution in [-0.2, 0) is 10.1 Å². The van der Waals surface area contributed by atoms with E-state index in [-0.39, 0.29) is 30.7 Å². The van der Waals surface area contributed by atoms with Gasteiger partial charge in [0.1, 0.15) is 10.6 Å². The van der Waals surface area contributed by atoms with Crippen LogP contribution in [-0.4, -0.2) is 43.4 Å². The summed E-state index contributed by atoms with van der Waals surface area (Å²) < 4.78 is 68.5. The lowest BCUT2D eigenvalue weighted by Gasteiger charge is -2.33. The van der Waals surface area contributed by atoms with Crippen LogP contribution in [0, 0.1) is 16.0 Å². The molecule has 1 aliphatic heterocycles. The summed E-state index contributed by atoms with van der Waals surface area (Å²) in [6.45, 7) is -0.230. The Morgan fingerprint density at radius 3 is 2.45 bits per heavy atom. The van der Waals surface area contributed by atoms with Gasteiger partial charge in [0.2, 0.25) is 0 Å². The van der Waals surface area contributed by atoms with Gasteiger partial charge in [0.05, 0.1) is 10.8 Å². The van der Waals surface area contributed by atoms with E-state index in [0.29, 0.717) is 0 Å². The first-order valence-electron chi connectivity index (χ1n) is 9.12. The molecule has 1 aliphatic rings. The molecular weight excluding hydrogens is 441 g/mol. The molecule has 0 N–H and O–H groups in total. The maximum absolute atomic E-state index is 13.0. The van der Waals surface area contributed by atoms with Gasteiger partial charge in [-0.1, -0.05) is 6.07 Å². The van der Waals surface area contributed by atoms with Crippen LogP contribution in [0.2, 0.25) is 0 Å². The van der Waals surface area contributed by atoms with Crippen molar-refractivity contribution < 1.29 is 35.5 Å². The molecule has 31 heavy (non-hydrogen) atoms. The highest BCUT2D eigenvalue weighted by Gasteiger charge is 2.42. The lowest BCUT2D eigenvalue weighted by Crippen LogP contribution is -2.44. The predicted molar refractivity (Wildman–Crippen MR) is 102 cm³/mol. The number of halogens is 3. The molecule has 0 aromatic heterocycles. The van der Waals surface area contributed by atoms with E-state index in [1.165, 1.54) is 30.3 Å². The summed E-state index contributed by atoms with van der Waals surface area (Å²) in [7, 11) is -4.37. The van der Waals surface area contributed by atoms with Crippen molar-refractivity contribution in [1.82, 2.24) is 4.90 Å². The minimum Gasteiger partial charge on any atom is -0.379 e. The summed E-state index contributed by atoms with van der Waals surface area (Å²) in [5.41, 5.74) is -0.341. The molecule has 1 unspecified atom stereocenters. The maximum atomic E-state index is 13.0. The van der Waals surface area contributed by atoms with Crippen molar-refractivity contribution in [2.45, 2.75) is 23.9 Å². The molecule has 1 fully saturated rings. The van der Waals surface area contributed by atoms with Gasteiger partial charge in [-0.25, -0.2) is 0 Å². The van der Waals surface area contributed by atoms with Crippen LogP contribution in [0.1, 0.15) is 23.2 Å². The van der Waals surface area contributed by atoms with E-state index in [0.717, 1.165) is 23.1 Å². The van der Waals surface area contributed by atoms with Gasteiger partial charge >= 0.3 is 16.3 Å². The molecule has 0 aliphatic carbocycles. The highest BCUT2D eigenvalue weighted by molar-refractivity contribution is 7.87. The third-order valence-corrected chi connectivity index (χ3v) is 6.04. The van der Waals surface area contributed by atoms with E-state index in [1.807, 2.05) is 0 Å². The van der Waals surface area contributed by atoms with Crippen molar-refractivity contribution >= 4 is 21.7 Å². The van der Waals surface area contributed by atoms with Crippen LogP contribution in [0.5, 0.6) is 5.75 Å². The van der Waals surface area contributed by atoms with Crippen molar-refractivity contribution in [1.29, 1.82) is 0 Å². The van der Waals surface area contributed by atoms with Crippen LogP contribution >= 0.6 is 0 Å². The number of non-ortho nitro benzene ring substituents is 1. The van der Waals surface area contributed by atoms with E-state index in [4.69, 9.17) is 4.18 Å². The van der Waals surface area contributed by atoms with Crippen LogP contribution in [0.4, 0.5) is 18.9 Å². The van der Waals surface area contributed by atoms with E-state index in [9.17, 15) is 36.5 Å². The van der Waals surface area contributed by atoms with Crippen molar-refractivity contribution in [3.63, 3.8) is 0 Å². The maximum Gasteiger partial charge on any atom is 0.393 e. The zero-order valence-corrected chi connectivity index (χ0v) is 16.7. The highest BCUT2D eigenvalue weighted by Crippen LogP contribution is 2.33. The molecule has 2 aromatic rings. The van der Waals surface area contributed by atoms with Crippen molar-refractivity contribution in [2.24, 2.45) is 5.92 Å². The fourth-order valence-corrected chi connectivity index (χ4v) is 4.16. The first-order chi connectivity index (χ1) is 14.5. The topological polar surface area (TPSA) is 107 Å². The number of hydrogen-bond acceptors (Lipinski definition) is 6. The molecule has 166 valence electrons. The molecule has 3 rings (SSSR count). The molecular formula is C19H17F3N2O6S. The van der Waals surface area contributed by atoms with Crippen LogP contribution in [0.15, 0.2) is 53.4 Å². The Hall–Kier alpha value is -3.15. The lowest BCUT2D eigenvalue weighted by molar-refractivity contribution is -0.385. The number of alkyl halides is 3. The number of amides is 1. The molecule has 8 nitrogen and oxygen atoms in total. The van der Waals surface area contributed by atoms with Gasteiger partial charge in [-0.15, -0.1) is 0 Å². The summed E-state index contributed by atoms with van der Waals surface area (Å²) in [5.74, 6) is -2.33. The Kier molecular flexibility index (Phi) is 6.20. The van der Waals surface area contributed by atoms with E-state index in [1.54, 1.807) is 0 Å². The second kappa shape index (κ2) is 8.53. The lowest BCUT2D eigenvalue weighted by atomic mass is 9.97. The summed E-state index contributed by atoms with van der Waals surface area (Å²) in [5, 5.41) is 10.8. The van der Waals surface area contributed by atoms with Gasteiger partial charge in [-0.05, 0) is 43.2 Å². The average molecular weight is 458 g/mol. The zero-order chi connectivity index (χ0) is 22.8. The highest BCUT2D eigenvalue weighted by atomic mass is 32.2. The molecule has 1 heterocycles. The monoisotopic (exact) mass is 458 g/mol. The van der Waals surface area contributed by atoms with Crippen molar-refractivity contribution in [3.8, 4) is 5.75 Å². The minimum atomic E-state index is -4.38. The first kappa shape index (κ1) is 22.5. The van der Waals surface area contributed by atoms with Crippen molar-refractivity contribution in [3.05, 3.63) is 64.2 Å². The van der Waals surface area contributed by atoms with Gasteiger partial charge in [0, 0.05) is 30.8 Å². The molecule has 1 saturated heterocycles. The average Bonchev–Trinajstić information content (AvgIpc) is 2.73. The molecule has 12 heteroatoms. The zero-order valence-electron chi connectivity index (χ0n) is 15.9. The number of piperidine rings is 1. The summed E-state index contributed by atoms with van der Waals surface area (Å²) >= 11 is 0. The van der Waals surface area contributed by atoms with Gasteiger partial charge in [0.15, 0.2) is 0 Å². The van der Waals surface area contributed by atoms with Crippen molar-refractivity contribution in [2.75, 3.05) is 13.1 Å². The van der Waals surface area contributed by atoms with E-state index >= 15 is 0 Å². The number of hydrogen-bond donors (Lipinski definition) is 0. The molecule has 0 spiro atoms. The van der Waals surface area contributed by atoms with E-state index in [2.05, 4.69) is 0 Å². The second-order valence-corrected chi connectivity index (χ2v) is 8.49. The quantitative estimate of drug-likeness (QED) is 0.384. The SMILES string of the molecule is O=C(c1ccc(OS(=O)(=O)c2cccc([N+](=O)[O-])c2)cc1)N1CCCC(C(F)(F)F)C1. The Bertz CT molecular complexity index is 1090. The number of nitro groups is 1. The molecule has 0 bridgehead atoms. The Morgan fingerprint density at radius 1 is 1.16 bits per heavy atom. The van der Waals surface area contributed by atoms with Gasteiger partial charge < -0.3 is 9.08 Å². The Labute approximate surface area is 175 Å². The number of rotatable bonds is 5. The van der Waals surface area contributed by atoms with Gasteiger partial charge in [-0.3, -0.25) is 14.9 Å². The minimum absolute atomic E-state index is 0.0322. The fourth-order valence-electron chi connectivity index (χ4n) is 3.19. The normalized spacial score (nSPS) is 17.3. The fraction of sp³-hybridized carbons (Fsp3) is 0.316. The number of likely N-dealkylation sites (tertiary alicyclic amines) is 1. The molecule has 1 amide bonds. The van der Waals surface area contributed by atoms with Crippen LogP contribution in [0.3, 0.4) is 0 Å². The summed E-state index contributed by atoms with van der Waals surface area (Å²) in [6.07, 6.45) is -4.17. The largest absolute Gasteiger partial charge is 0.393 e. The Balaban J connectivity index is 1.72. The van der Waals surface area contributed by atoms with Crippen LogP contribution < -0.4 is 4.18 Å². The molecule has 0 saturated carbocycles. The smallest absolute Gasteiger partial charge is 0.379 e. The van der Waals surface area contributed by atoms with E-state index < -0.39 is 50.2 Å². The second-order valence-electron chi connectivity index (χ2n) is 6.95. The predicted octanol–water partition coefficient (Wildman–Crippen LogP) is 3.78. The Morgan fingerprint density at radius 2 is 1.84 bits per heavy atom. The van der Waals surface area contributed by atoms with Gasteiger partial charge in [0.25, 0.3) is 11.6 Å². The number of nitro benzene ring substituents is 1. The number of nitrogens with zero attached hydrogens (tertiary/aromatic N) is 2. The number of carbonyl (C=O) groups excluding carboxylic acids is 1. The number of carbonyl (C=O) groups is 1. The summed E-state index contributed by atoms with van der Waals surface area (Å²) in [4.78, 5) is 23.3. The summed E-state index contributed by atoms with van der Waals surface area (Å²) in [6, 6.07) is 9.18. The van der Waals surface area contributed by atoms with Crippen LogP contribution in [0.25, 0.3) is 0 Å². The third kappa shape index (κ3) is 5.32. The molecule has 2 aromatic carbocycles. The number of benzene rings is 2. The third-order valence-electron chi connectivity index (χ3n) is 4.80. The van der Waals surface area contributed by atoms with Gasteiger partial charge in [-0.2, -0.15) is 21.6 Å².